The predicted octanol–water partition coefficient (Wildman–Crippen LogP) is 2.44. The molecule has 0 radical (unpaired) electrons. The second-order valence-electron chi connectivity index (χ2n) is 2.30. The van der Waals surface area contributed by atoms with Crippen molar-refractivity contribution >= 4 is 33.7 Å². The molecule has 2 rings (SSSR count). The molecule has 0 saturated heterocycles. The summed E-state index contributed by atoms with van der Waals surface area (Å²) in [6.45, 7) is 0. The molecule has 0 bridgehead atoms. The van der Waals surface area contributed by atoms with E-state index < -0.39 is 0 Å². The van der Waals surface area contributed by atoms with Crippen LogP contribution in [-0.2, 0) is 0 Å². The van der Waals surface area contributed by atoms with Gasteiger partial charge in [-0.1, -0.05) is 0 Å². The summed E-state index contributed by atoms with van der Waals surface area (Å²) in [4.78, 5) is 4.10. The third-order valence-corrected chi connectivity index (χ3v) is 2.18. The minimum atomic E-state index is 0.312. The molecule has 0 aliphatic carbocycles. The number of fused-ring (bicyclic) bond motifs is 1. The van der Waals surface area contributed by atoms with Gasteiger partial charge in [-0.05, 0) is 40.8 Å². The quantitative estimate of drug-likeness (QED) is 0.750. The summed E-state index contributed by atoms with van der Waals surface area (Å²) in [5.74, 6) is 0. The molecule has 0 spiro atoms. The Kier molecular flexibility index (Phi) is 1.92. The topological polar surface area (TPSA) is 35.3 Å². The Morgan fingerprint density at radius 1 is 1.50 bits per heavy atom. The van der Waals surface area contributed by atoms with Crippen molar-refractivity contribution in [2.24, 2.45) is 0 Å². The van der Waals surface area contributed by atoms with E-state index in [2.05, 4.69) is 27.6 Å². The molecule has 4 heteroatoms. The number of nitrogens with zero attached hydrogens (tertiary/aromatic N) is 1. The van der Waals surface area contributed by atoms with Crippen LogP contribution in [0.1, 0.15) is 0 Å². The highest BCUT2D eigenvalue weighted by molar-refractivity contribution is 14.1. The number of hydrogen-bond acceptors (Lipinski definition) is 3. The van der Waals surface area contributed by atoms with E-state index in [1.54, 1.807) is 0 Å². The summed E-state index contributed by atoms with van der Waals surface area (Å²) in [5.41, 5.74) is 1.59. The molecule has 0 amide bonds. The number of rotatable bonds is 1. The second-order valence-corrected chi connectivity index (χ2v) is 3.54. The largest absolute Gasteiger partial charge is 0.453 e. The van der Waals surface area contributed by atoms with Crippen LogP contribution in [0.2, 0.25) is 0 Å². The summed E-state index contributed by atoms with van der Waals surface area (Å²) in [6.07, 6.45) is 0.312. The van der Waals surface area contributed by atoms with Crippen LogP contribution in [0.3, 0.4) is 0 Å². The zero-order chi connectivity index (χ0) is 8.55. The van der Waals surface area contributed by atoms with E-state index >= 15 is 0 Å². The highest BCUT2D eigenvalue weighted by Crippen LogP contribution is 2.21. The van der Waals surface area contributed by atoms with Gasteiger partial charge in [0.25, 0.3) is 0 Å². The van der Waals surface area contributed by atoms with Crippen molar-refractivity contribution in [3.63, 3.8) is 0 Å². The van der Waals surface area contributed by atoms with Gasteiger partial charge in [0, 0.05) is 3.57 Å². The highest BCUT2D eigenvalue weighted by Gasteiger charge is 2.04. The average Bonchev–Trinajstić information content (AvgIpc) is 2.46. The van der Waals surface area contributed by atoms with Crippen LogP contribution in [-0.4, -0.2) is 12.1 Å². The van der Waals surface area contributed by atoms with Crippen LogP contribution in [0.4, 0.5) is 0 Å². The normalized spacial score (nSPS) is 10.5. The van der Waals surface area contributed by atoms with Crippen molar-refractivity contribution in [3.8, 4) is 6.08 Å². The van der Waals surface area contributed by atoms with Gasteiger partial charge in [0.05, 0.1) is 7.11 Å². The van der Waals surface area contributed by atoms with Crippen LogP contribution in [0.5, 0.6) is 6.08 Å². The van der Waals surface area contributed by atoms with Gasteiger partial charge in [-0.2, -0.15) is 4.98 Å². The van der Waals surface area contributed by atoms with E-state index in [1.165, 1.54) is 7.11 Å². The molecule has 1 aromatic heterocycles. The maximum atomic E-state index is 5.24. The monoisotopic (exact) mass is 275 g/mol. The van der Waals surface area contributed by atoms with Gasteiger partial charge in [0.2, 0.25) is 0 Å². The molecular weight excluding hydrogens is 269 g/mol. The molecule has 0 aliphatic heterocycles. The lowest BCUT2D eigenvalue weighted by Gasteiger charge is -1.86. The molecule has 1 heterocycles. The average molecular weight is 275 g/mol. The molecule has 1 aromatic carbocycles. The van der Waals surface area contributed by atoms with Crippen molar-refractivity contribution in [2.45, 2.75) is 0 Å². The van der Waals surface area contributed by atoms with E-state index in [4.69, 9.17) is 9.15 Å². The van der Waals surface area contributed by atoms with Gasteiger partial charge in [-0.15, -0.1) is 0 Å². The molecule has 3 nitrogen and oxygen atoms in total. The van der Waals surface area contributed by atoms with Gasteiger partial charge in [-0.25, -0.2) is 0 Å². The van der Waals surface area contributed by atoms with Crippen LogP contribution < -0.4 is 4.74 Å². The Morgan fingerprint density at radius 2 is 2.33 bits per heavy atom. The number of hydrogen-bond donors (Lipinski definition) is 0. The molecule has 0 saturated carbocycles. The van der Waals surface area contributed by atoms with Crippen LogP contribution >= 0.6 is 22.6 Å². The predicted molar refractivity (Wildman–Crippen MR) is 53.3 cm³/mol. The first-order valence-electron chi connectivity index (χ1n) is 3.39. The van der Waals surface area contributed by atoms with Gasteiger partial charge < -0.3 is 9.15 Å². The lowest BCUT2D eigenvalue weighted by Crippen LogP contribution is -1.79. The Balaban J connectivity index is 2.67. The van der Waals surface area contributed by atoms with Crippen LogP contribution in [0, 0.1) is 3.57 Å². The lowest BCUT2D eigenvalue weighted by atomic mass is 10.3. The van der Waals surface area contributed by atoms with Crippen molar-refractivity contribution in [1.82, 2.24) is 4.98 Å². The number of oxazole rings is 1. The van der Waals surface area contributed by atoms with E-state index in [0.717, 1.165) is 14.7 Å². The van der Waals surface area contributed by atoms with Gasteiger partial charge in [-0.3, -0.25) is 0 Å². The fourth-order valence-electron chi connectivity index (χ4n) is 0.967. The minimum absolute atomic E-state index is 0.312. The van der Waals surface area contributed by atoms with E-state index in [0.29, 0.717) is 6.08 Å². The first kappa shape index (κ1) is 7.85. The van der Waals surface area contributed by atoms with Crippen molar-refractivity contribution in [2.75, 3.05) is 7.11 Å². The fraction of sp³-hybridized carbons (Fsp3) is 0.125. The number of halogens is 1. The fourth-order valence-corrected chi connectivity index (χ4v) is 1.44. The number of methoxy groups -OCH3 is 1. The zero-order valence-corrected chi connectivity index (χ0v) is 8.53. The van der Waals surface area contributed by atoms with Crippen LogP contribution in [0.25, 0.3) is 11.1 Å². The first-order chi connectivity index (χ1) is 5.79. The zero-order valence-electron chi connectivity index (χ0n) is 6.37. The minimum Gasteiger partial charge on any atom is -0.453 e. The maximum absolute atomic E-state index is 5.24. The summed E-state index contributed by atoms with van der Waals surface area (Å²) >= 11 is 2.23. The SMILES string of the molecule is COc1nc2cc(I)ccc2o1. The Bertz CT molecular complexity index is 410. The summed E-state index contributed by atoms with van der Waals surface area (Å²) in [7, 11) is 1.54. The molecule has 0 aliphatic rings. The molecule has 0 atom stereocenters. The van der Waals surface area contributed by atoms with Crippen molar-refractivity contribution in [3.05, 3.63) is 21.8 Å². The number of benzene rings is 1. The summed E-state index contributed by atoms with van der Waals surface area (Å²) in [5, 5.41) is 0. The summed E-state index contributed by atoms with van der Waals surface area (Å²) < 4.78 is 11.2. The molecule has 2 aromatic rings. The standard InChI is InChI=1S/C8H6INO2/c1-11-8-10-6-4-5(9)2-3-7(6)12-8/h2-4H,1H3. The number of ether oxygens (including phenoxy) is 1. The van der Waals surface area contributed by atoms with E-state index in [9.17, 15) is 0 Å². The van der Waals surface area contributed by atoms with E-state index in [-0.39, 0.29) is 0 Å². The third-order valence-electron chi connectivity index (χ3n) is 1.50. The third kappa shape index (κ3) is 1.26. The van der Waals surface area contributed by atoms with Crippen molar-refractivity contribution in [1.29, 1.82) is 0 Å². The Hall–Kier alpha value is -0.780. The Morgan fingerprint density at radius 3 is 3.08 bits per heavy atom. The number of aromatic nitrogens is 1. The van der Waals surface area contributed by atoms with Crippen LogP contribution in [0.15, 0.2) is 22.6 Å². The molecule has 62 valence electrons. The van der Waals surface area contributed by atoms with Gasteiger partial charge in [0.15, 0.2) is 5.58 Å². The van der Waals surface area contributed by atoms with Gasteiger partial charge in [0.1, 0.15) is 5.52 Å². The molecule has 0 fully saturated rings. The first-order valence-corrected chi connectivity index (χ1v) is 4.47. The van der Waals surface area contributed by atoms with Gasteiger partial charge >= 0.3 is 6.08 Å². The highest BCUT2D eigenvalue weighted by atomic mass is 127. The molecular formula is C8H6INO2. The Labute approximate surface area is 82.9 Å². The summed E-state index contributed by atoms with van der Waals surface area (Å²) in [6, 6.07) is 5.79. The second kappa shape index (κ2) is 2.93. The van der Waals surface area contributed by atoms with E-state index in [1.807, 2.05) is 18.2 Å². The lowest BCUT2D eigenvalue weighted by molar-refractivity contribution is 0.299. The smallest absolute Gasteiger partial charge is 0.394 e. The molecule has 12 heavy (non-hydrogen) atoms. The molecule has 0 unspecified atom stereocenters. The maximum Gasteiger partial charge on any atom is 0.394 e. The molecule has 0 N–H and O–H groups in total. The van der Waals surface area contributed by atoms with Crippen molar-refractivity contribution < 1.29 is 9.15 Å².